The quantitative estimate of drug-likeness (QED) is 0.818. The minimum absolute atomic E-state index is 0.591. The Hall–Kier alpha value is -2.04. The Labute approximate surface area is 100 Å². The van der Waals surface area contributed by atoms with Crippen LogP contribution in [-0.4, -0.2) is 21.4 Å². The summed E-state index contributed by atoms with van der Waals surface area (Å²) in [5.74, 6) is 1.52. The predicted molar refractivity (Wildman–Crippen MR) is 66.7 cm³/mol. The van der Waals surface area contributed by atoms with Gasteiger partial charge in [0.1, 0.15) is 12.1 Å². The van der Waals surface area contributed by atoms with E-state index < -0.39 is 0 Å². The van der Waals surface area contributed by atoms with Crippen molar-refractivity contribution in [1.82, 2.24) is 14.8 Å². The van der Waals surface area contributed by atoms with Crippen LogP contribution < -0.4 is 10.5 Å². The molecule has 1 heterocycles. The van der Waals surface area contributed by atoms with Gasteiger partial charge in [0.15, 0.2) is 5.82 Å². The topological polar surface area (TPSA) is 66.0 Å². The molecule has 1 aromatic carbocycles. The van der Waals surface area contributed by atoms with E-state index in [-0.39, 0.29) is 0 Å². The molecule has 0 atom stereocenters. The first-order valence-corrected chi connectivity index (χ1v) is 5.66. The highest BCUT2D eigenvalue weighted by Crippen LogP contribution is 2.27. The lowest BCUT2D eigenvalue weighted by molar-refractivity contribution is 0.342. The summed E-state index contributed by atoms with van der Waals surface area (Å²) in [7, 11) is 0. The molecule has 0 unspecified atom stereocenters. The summed E-state index contributed by atoms with van der Waals surface area (Å²) >= 11 is 0. The largest absolute Gasteiger partial charge is 0.492 e. The normalized spacial score (nSPS) is 10.5. The van der Waals surface area contributed by atoms with E-state index in [2.05, 4.69) is 10.2 Å². The van der Waals surface area contributed by atoms with E-state index in [1.165, 1.54) is 0 Å². The number of nitrogens with two attached hydrogens (primary N) is 1. The van der Waals surface area contributed by atoms with Crippen LogP contribution in [0.25, 0.3) is 11.4 Å². The number of nitrogens with zero attached hydrogens (tertiary/aromatic N) is 3. The maximum Gasteiger partial charge on any atom is 0.163 e. The van der Waals surface area contributed by atoms with Gasteiger partial charge >= 0.3 is 0 Å². The molecule has 0 fully saturated rings. The van der Waals surface area contributed by atoms with Crippen molar-refractivity contribution >= 4 is 5.69 Å². The SMILES string of the molecule is CCOc1cc(-c2nncn2CC)ccc1N. The Balaban J connectivity index is 2.42. The van der Waals surface area contributed by atoms with Crippen LogP contribution >= 0.6 is 0 Å². The van der Waals surface area contributed by atoms with Crippen molar-refractivity contribution in [2.75, 3.05) is 12.3 Å². The van der Waals surface area contributed by atoms with Crippen LogP contribution in [0.1, 0.15) is 13.8 Å². The van der Waals surface area contributed by atoms with Crippen molar-refractivity contribution in [1.29, 1.82) is 0 Å². The van der Waals surface area contributed by atoms with E-state index in [4.69, 9.17) is 10.5 Å². The summed E-state index contributed by atoms with van der Waals surface area (Å²) in [6.07, 6.45) is 1.71. The van der Waals surface area contributed by atoms with Gasteiger partial charge in [0.05, 0.1) is 12.3 Å². The fourth-order valence-corrected chi connectivity index (χ4v) is 1.66. The number of aromatic nitrogens is 3. The highest BCUT2D eigenvalue weighted by molar-refractivity contribution is 5.65. The molecule has 0 amide bonds. The highest BCUT2D eigenvalue weighted by Gasteiger charge is 2.09. The second-order valence-corrected chi connectivity index (χ2v) is 3.63. The lowest BCUT2D eigenvalue weighted by Crippen LogP contribution is -1.99. The maximum atomic E-state index is 5.83. The number of hydrogen-bond donors (Lipinski definition) is 1. The average molecular weight is 232 g/mol. The first-order chi connectivity index (χ1) is 8.26. The second kappa shape index (κ2) is 4.86. The van der Waals surface area contributed by atoms with E-state index in [0.29, 0.717) is 18.0 Å². The minimum Gasteiger partial charge on any atom is -0.492 e. The van der Waals surface area contributed by atoms with Gasteiger partial charge in [-0.25, -0.2) is 0 Å². The van der Waals surface area contributed by atoms with Crippen LogP contribution in [-0.2, 0) is 6.54 Å². The van der Waals surface area contributed by atoms with Gasteiger partial charge in [-0.1, -0.05) is 0 Å². The summed E-state index contributed by atoms with van der Waals surface area (Å²) < 4.78 is 7.44. The Morgan fingerprint density at radius 1 is 1.35 bits per heavy atom. The van der Waals surface area contributed by atoms with Gasteiger partial charge in [0.2, 0.25) is 0 Å². The number of anilines is 1. The van der Waals surface area contributed by atoms with Crippen LogP contribution in [0.4, 0.5) is 5.69 Å². The minimum atomic E-state index is 0.591. The number of rotatable bonds is 4. The molecule has 17 heavy (non-hydrogen) atoms. The molecule has 1 aromatic heterocycles. The first kappa shape index (κ1) is 11.4. The van der Waals surface area contributed by atoms with E-state index in [1.807, 2.05) is 36.6 Å². The average Bonchev–Trinajstić information content (AvgIpc) is 2.80. The number of hydrogen-bond acceptors (Lipinski definition) is 4. The molecule has 90 valence electrons. The van der Waals surface area contributed by atoms with Crippen LogP contribution in [0.15, 0.2) is 24.5 Å². The Bertz CT molecular complexity index is 507. The van der Waals surface area contributed by atoms with Gasteiger partial charge in [0, 0.05) is 12.1 Å². The molecular formula is C12H16N4O. The standard InChI is InChI=1S/C12H16N4O/c1-3-16-8-14-15-12(16)9-5-6-10(13)11(7-9)17-4-2/h5-8H,3-4,13H2,1-2H3. The Morgan fingerprint density at radius 3 is 2.88 bits per heavy atom. The van der Waals surface area contributed by atoms with Crippen molar-refractivity contribution in [2.24, 2.45) is 0 Å². The van der Waals surface area contributed by atoms with Gasteiger partial charge in [-0.2, -0.15) is 0 Å². The number of aryl methyl sites for hydroxylation is 1. The molecule has 2 N–H and O–H groups in total. The van der Waals surface area contributed by atoms with Crippen molar-refractivity contribution in [3.8, 4) is 17.1 Å². The van der Waals surface area contributed by atoms with E-state index in [1.54, 1.807) is 6.33 Å². The molecule has 2 rings (SSSR count). The number of nitrogen functional groups attached to an aromatic ring is 1. The summed E-state index contributed by atoms with van der Waals surface area (Å²) in [6, 6.07) is 5.65. The van der Waals surface area contributed by atoms with Crippen molar-refractivity contribution in [2.45, 2.75) is 20.4 Å². The summed E-state index contributed by atoms with van der Waals surface area (Å²) in [5.41, 5.74) is 7.43. The van der Waals surface area contributed by atoms with Crippen LogP contribution in [0, 0.1) is 0 Å². The van der Waals surface area contributed by atoms with E-state index in [9.17, 15) is 0 Å². The number of ether oxygens (including phenoxy) is 1. The van der Waals surface area contributed by atoms with Crippen LogP contribution in [0.3, 0.4) is 0 Å². The Kier molecular flexibility index (Phi) is 3.27. The summed E-state index contributed by atoms with van der Waals surface area (Å²) in [6.45, 7) is 5.40. The number of benzene rings is 1. The summed E-state index contributed by atoms with van der Waals surface area (Å²) in [4.78, 5) is 0. The molecule has 0 bridgehead atoms. The molecule has 0 aliphatic carbocycles. The fraction of sp³-hybridized carbons (Fsp3) is 0.333. The third-order valence-electron chi connectivity index (χ3n) is 2.53. The zero-order valence-electron chi connectivity index (χ0n) is 10.1. The lowest BCUT2D eigenvalue weighted by Gasteiger charge is -2.09. The molecule has 2 aromatic rings. The fourth-order valence-electron chi connectivity index (χ4n) is 1.66. The van der Waals surface area contributed by atoms with Crippen molar-refractivity contribution in [3.63, 3.8) is 0 Å². The zero-order chi connectivity index (χ0) is 12.3. The van der Waals surface area contributed by atoms with Gasteiger partial charge in [-0.3, -0.25) is 0 Å². The molecule has 5 nitrogen and oxygen atoms in total. The molecule has 0 aliphatic heterocycles. The molecule has 5 heteroatoms. The molecule has 0 aliphatic rings. The maximum absolute atomic E-state index is 5.83. The van der Waals surface area contributed by atoms with Gasteiger partial charge in [-0.05, 0) is 32.0 Å². The van der Waals surface area contributed by atoms with Crippen molar-refractivity contribution < 1.29 is 4.74 Å². The second-order valence-electron chi connectivity index (χ2n) is 3.63. The van der Waals surface area contributed by atoms with Gasteiger partial charge in [-0.15, -0.1) is 10.2 Å². The van der Waals surface area contributed by atoms with Crippen LogP contribution in [0.2, 0.25) is 0 Å². The molecule has 0 saturated heterocycles. The summed E-state index contributed by atoms with van der Waals surface area (Å²) in [5, 5.41) is 8.01. The van der Waals surface area contributed by atoms with E-state index in [0.717, 1.165) is 17.9 Å². The lowest BCUT2D eigenvalue weighted by atomic mass is 10.2. The molecule has 0 saturated carbocycles. The molecule has 0 radical (unpaired) electrons. The van der Waals surface area contributed by atoms with E-state index >= 15 is 0 Å². The van der Waals surface area contributed by atoms with Crippen molar-refractivity contribution in [3.05, 3.63) is 24.5 Å². The zero-order valence-corrected chi connectivity index (χ0v) is 10.1. The Morgan fingerprint density at radius 2 is 2.18 bits per heavy atom. The molecule has 0 spiro atoms. The van der Waals surface area contributed by atoms with Gasteiger partial charge in [0.25, 0.3) is 0 Å². The predicted octanol–water partition coefficient (Wildman–Crippen LogP) is 1.95. The smallest absolute Gasteiger partial charge is 0.163 e. The third-order valence-corrected chi connectivity index (χ3v) is 2.53. The van der Waals surface area contributed by atoms with Crippen LogP contribution in [0.5, 0.6) is 5.75 Å². The third kappa shape index (κ3) is 2.22. The molecular weight excluding hydrogens is 216 g/mol. The highest BCUT2D eigenvalue weighted by atomic mass is 16.5. The monoisotopic (exact) mass is 232 g/mol. The van der Waals surface area contributed by atoms with Gasteiger partial charge < -0.3 is 15.0 Å². The first-order valence-electron chi connectivity index (χ1n) is 5.66.